The van der Waals surface area contributed by atoms with Crippen LogP contribution in [0.2, 0.25) is 5.02 Å². The molecule has 0 aliphatic carbocycles. The highest BCUT2D eigenvalue weighted by Crippen LogP contribution is 2.14. The topological polar surface area (TPSA) is 85.9 Å². The molecule has 0 unspecified atom stereocenters. The minimum Gasteiger partial charge on any atom is -0.356 e. The summed E-state index contributed by atoms with van der Waals surface area (Å²) in [4.78, 5) is 30.2. The number of anilines is 1. The fraction of sp³-hybridized carbons (Fsp3) is 0.389. The third kappa shape index (κ3) is 3.77. The van der Waals surface area contributed by atoms with Crippen molar-refractivity contribution in [3.63, 3.8) is 0 Å². The van der Waals surface area contributed by atoms with Gasteiger partial charge in [-0.1, -0.05) is 23.7 Å². The Morgan fingerprint density at radius 2 is 1.93 bits per heavy atom. The van der Waals surface area contributed by atoms with Crippen LogP contribution in [0.5, 0.6) is 0 Å². The normalized spacial score (nSPS) is 11.3. The molecule has 144 valence electrons. The number of benzene rings is 1. The molecule has 8 nitrogen and oxygen atoms in total. The summed E-state index contributed by atoms with van der Waals surface area (Å²) in [7, 11) is 5.29. The fourth-order valence-corrected chi connectivity index (χ4v) is 3.24. The second kappa shape index (κ2) is 7.98. The lowest BCUT2D eigenvalue weighted by Crippen LogP contribution is -2.39. The number of aryl methyl sites for hydroxylation is 2. The van der Waals surface area contributed by atoms with E-state index in [0.717, 1.165) is 18.5 Å². The van der Waals surface area contributed by atoms with Crippen LogP contribution in [0.25, 0.3) is 11.2 Å². The van der Waals surface area contributed by atoms with Gasteiger partial charge in [0.05, 0.1) is 6.54 Å². The van der Waals surface area contributed by atoms with Crippen molar-refractivity contribution in [2.24, 2.45) is 14.1 Å². The summed E-state index contributed by atoms with van der Waals surface area (Å²) in [6, 6.07) is 7.13. The van der Waals surface area contributed by atoms with Crippen LogP contribution >= 0.6 is 11.6 Å². The molecule has 27 heavy (non-hydrogen) atoms. The molecular weight excluding hydrogens is 368 g/mol. The predicted octanol–water partition coefficient (Wildman–Crippen LogP) is 1.16. The summed E-state index contributed by atoms with van der Waals surface area (Å²) in [6.07, 6.45) is 0.914. The van der Waals surface area contributed by atoms with Crippen molar-refractivity contribution in [1.29, 1.82) is 0 Å². The summed E-state index contributed by atoms with van der Waals surface area (Å²) in [5.41, 5.74) is 0.758. The first-order chi connectivity index (χ1) is 12.9. The molecule has 0 saturated carbocycles. The molecule has 0 radical (unpaired) electrons. The molecule has 0 atom stereocenters. The van der Waals surface area contributed by atoms with Gasteiger partial charge in [-0.3, -0.25) is 13.9 Å². The van der Waals surface area contributed by atoms with Gasteiger partial charge in [0.15, 0.2) is 11.2 Å². The quantitative estimate of drug-likeness (QED) is 0.591. The number of rotatable bonds is 7. The Kier molecular flexibility index (Phi) is 5.67. The van der Waals surface area contributed by atoms with Crippen LogP contribution in [-0.4, -0.2) is 38.8 Å². The molecule has 0 aliphatic heterocycles. The van der Waals surface area contributed by atoms with Gasteiger partial charge in [0.2, 0.25) is 5.95 Å². The summed E-state index contributed by atoms with van der Waals surface area (Å²) in [5, 5.41) is 6.86. The second-order valence-electron chi connectivity index (χ2n) is 6.41. The van der Waals surface area contributed by atoms with E-state index in [9.17, 15) is 9.59 Å². The number of halogens is 1. The largest absolute Gasteiger partial charge is 0.356 e. The van der Waals surface area contributed by atoms with Crippen molar-refractivity contribution in [3.8, 4) is 0 Å². The summed E-state index contributed by atoms with van der Waals surface area (Å²) < 4.78 is 4.31. The zero-order valence-electron chi connectivity index (χ0n) is 15.6. The van der Waals surface area contributed by atoms with Crippen LogP contribution in [0.4, 0.5) is 5.95 Å². The van der Waals surface area contributed by atoms with Crippen molar-refractivity contribution >= 4 is 28.7 Å². The van der Waals surface area contributed by atoms with Crippen LogP contribution < -0.4 is 21.9 Å². The van der Waals surface area contributed by atoms with Crippen molar-refractivity contribution in [2.75, 3.05) is 25.5 Å². The zero-order valence-corrected chi connectivity index (χ0v) is 16.4. The summed E-state index contributed by atoms with van der Waals surface area (Å²) in [6.45, 7) is 1.74. The highest BCUT2D eigenvalue weighted by atomic mass is 35.5. The smallest absolute Gasteiger partial charge is 0.332 e. The first-order valence-corrected chi connectivity index (χ1v) is 9.11. The van der Waals surface area contributed by atoms with Gasteiger partial charge in [-0.05, 0) is 37.7 Å². The van der Waals surface area contributed by atoms with Gasteiger partial charge in [-0.15, -0.1) is 0 Å². The van der Waals surface area contributed by atoms with E-state index in [1.807, 2.05) is 13.1 Å². The molecule has 2 heterocycles. The Morgan fingerprint density at radius 1 is 1.15 bits per heavy atom. The lowest BCUT2D eigenvalue weighted by Gasteiger charge is -2.09. The molecule has 0 aliphatic rings. The highest BCUT2D eigenvalue weighted by molar-refractivity contribution is 6.30. The number of imidazole rings is 1. The molecule has 2 N–H and O–H groups in total. The number of fused-ring (bicyclic) bond motifs is 1. The first kappa shape index (κ1) is 19.2. The number of nitrogens with one attached hydrogen (secondary N) is 2. The summed E-state index contributed by atoms with van der Waals surface area (Å²) in [5.74, 6) is 0.564. The van der Waals surface area contributed by atoms with Crippen molar-refractivity contribution < 1.29 is 0 Å². The molecule has 0 fully saturated rings. The van der Waals surface area contributed by atoms with Gasteiger partial charge < -0.3 is 15.2 Å². The van der Waals surface area contributed by atoms with Crippen molar-refractivity contribution in [2.45, 2.75) is 13.0 Å². The van der Waals surface area contributed by atoms with E-state index < -0.39 is 5.69 Å². The van der Waals surface area contributed by atoms with Crippen molar-refractivity contribution in [3.05, 3.63) is 55.7 Å². The monoisotopic (exact) mass is 390 g/mol. The lowest BCUT2D eigenvalue weighted by atomic mass is 10.2. The number of aromatic nitrogens is 4. The molecule has 0 saturated heterocycles. The molecule has 1 aromatic carbocycles. The average molecular weight is 391 g/mol. The van der Waals surface area contributed by atoms with E-state index in [2.05, 4.69) is 15.6 Å². The lowest BCUT2D eigenvalue weighted by molar-refractivity contribution is 0.655. The Morgan fingerprint density at radius 3 is 2.63 bits per heavy atom. The summed E-state index contributed by atoms with van der Waals surface area (Å²) >= 11 is 6.02. The molecule has 3 aromatic rings. The van der Waals surface area contributed by atoms with Crippen molar-refractivity contribution in [1.82, 2.24) is 24.0 Å². The Hall–Kier alpha value is -2.58. The van der Waals surface area contributed by atoms with Crippen LogP contribution in [0.3, 0.4) is 0 Å². The minimum absolute atomic E-state index is 0.151. The average Bonchev–Trinajstić information content (AvgIpc) is 2.97. The van der Waals surface area contributed by atoms with Gasteiger partial charge in [0, 0.05) is 25.7 Å². The van der Waals surface area contributed by atoms with E-state index in [1.165, 1.54) is 9.13 Å². The van der Waals surface area contributed by atoms with Crippen LogP contribution in [-0.2, 0) is 20.6 Å². The molecule has 2 aromatic heterocycles. The molecule has 9 heteroatoms. The molecule has 0 bridgehead atoms. The number of nitrogens with zero attached hydrogens (tertiary/aromatic N) is 4. The van der Waals surface area contributed by atoms with Gasteiger partial charge in [-0.2, -0.15) is 4.98 Å². The van der Waals surface area contributed by atoms with Crippen LogP contribution in [0.1, 0.15) is 12.0 Å². The Balaban J connectivity index is 2.05. The molecule has 0 amide bonds. The standard InChI is InChI=1S/C18H23ClN6O2/c1-20-8-5-9-21-17-22-15-14(23(17)2)16(26)25(18(27)24(15)3)11-12-6-4-7-13(19)10-12/h4,6-7,10,20H,5,8-9,11H2,1-3H3,(H,21,22). The fourth-order valence-electron chi connectivity index (χ4n) is 3.02. The van der Waals surface area contributed by atoms with E-state index in [0.29, 0.717) is 28.7 Å². The Bertz CT molecular complexity index is 1080. The molecule has 3 rings (SSSR count). The van der Waals surface area contributed by atoms with E-state index >= 15 is 0 Å². The second-order valence-corrected chi connectivity index (χ2v) is 6.85. The zero-order chi connectivity index (χ0) is 19.6. The van der Waals surface area contributed by atoms with E-state index in [-0.39, 0.29) is 12.1 Å². The minimum atomic E-state index is -0.410. The van der Waals surface area contributed by atoms with Gasteiger partial charge in [0.25, 0.3) is 5.56 Å². The van der Waals surface area contributed by atoms with Gasteiger partial charge >= 0.3 is 5.69 Å². The third-order valence-electron chi connectivity index (χ3n) is 4.48. The number of hydrogen-bond donors (Lipinski definition) is 2. The van der Waals surface area contributed by atoms with Gasteiger partial charge in [-0.25, -0.2) is 4.79 Å². The maximum atomic E-state index is 13.0. The predicted molar refractivity (Wildman–Crippen MR) is 108 cm³/mol. The first-order valence-electron chi connectivity index (χ1n) is 8.73. The van der Waals surface area contributed by atoms with E-state index in [4.69, 9.17) is 11.6 Å². The van der Waals surface area contributed by atoms with E-state index in [1.54, 1.807) is 36.9 Å². The maximum absolute atomic E-state index is 13.0. The highest BCUT2D eigenvalue weighted by Gasteiger charge is 2.18. The molecular formula is C18H23ClN6O2. The maximum Gasteiger partial charge on any atom is 0.332 e. The Labute approximate surface area is 161 Å². The van der Waals surface area contributed by atoms with Crippen LogP contribution in [0, 0.1) is 0 Å². The van der Waals surface area contributed by atoms with Gasteiger partial charge in [0.1, 0.15) is 0 Å². The van der Waals surface area contributed by atoms with Crippen LogP contribution in [0.15, 0.2) is 33.9 Å². The molecule has 0 spiro atoms. The number of hydrogen-bond acceptors (Lipinski definition) is 5. The third-order valence-corrected chi connectivity index (χ3v) is 4.71. The SMILES string of the molecule is CNCCCNc1nc2c(c(=O)n(Cc3cccc(Cl)c3)c(=O)n2C)n1C.